The summed E-state index contributed by atoms with van der Waals surface area (Å²) in [5, 5.41) is 0.671. The minimum atomic E-state index is -0.581. The lowest BCUT2D eigenvalue weighted by atomic mass is 9.83. The molecular formula is C20H22ClNO. The monoisotopic (exact) mass is 327 g/mol. The van der Waals surface area contributed by atoms with E-state index >= 15 is 0 Å². The Morgan fingerprint density at radius 2 is 1.83 bits per heavy atom. The van der Waals surface area contributed by atoms with Crippen molar-refractivity contribution in [1.29, 1.82) is 0 Å². The van der Waals surface area contributed by atoms with Gasteiger partial charge < -0.3 is 4.90 Å². The summed E-state index contributed by atoms with van der Waals surface area (Å²) in [4.78, 5) is 15.3. The molecule has 0 aromatic heterocycles. The quantitative estimate of drug-likeness (QED) is 0.771. The smallest absolute Gasteiger partial charge is 0.233 e. The fraction of sp³-hybridized carbons (Fsp3) is 0.350. The number of rotatable bonds is 5. The van der Waals surface area contributed by atoms with Gasteiger partial charge in [0.15, 0.2) is 0 Å². The first-order chi connectivity index (χ1) is 11.0. The molecule has 2 aromatic carbocycles. The number of hydrogen-bond donors (Lipinski definition) is 0. The molecule has 1 amide bonds. The highest BCUT2D eigenvalue weighted by atomic mass is 35.5. The topological polar surface area (TPSA) is 20.3 Å². The molecule has 2 aromatic rings. The Morgan fingerprint density at radius 1 is 1.13 bits per heavy atom. The van der Waals surface area contributed by atoms with E-state index < -0.39 is 5.41 Å². The number of carbonyl (C=O) groups excluding carboxylic acids is 1. The van der Waals surface area contributed by atoms with E-state index in [0.717, 1.165) is 18.4 Å². The molecule has 0 bridgehead atoms. The lowest BCUT2D eigenvalue weighted by Gasteiger charge is -2.33. The van der Waals surface area contributed by atoms with Crippen LogP contribution in [0.1, 0.15) is 37.8 Å². The molecule has 1 fully saturated rings. The fourth-order valence-corrected chi connectivity index (χ4v) is 3.08. The van der Waals surface area contributed by atoms with E-state index in [1.54, 1.807) is 0 Å². The van der Waals surface area contributed by atoms with Crippen LogP contribution in [0.3, 0.4) is 0 Å². The SMILES string of the molecule is CC(C)(C(=O)N(Cc1ccccc1)C1CC1)c1cccc(Cl)c1. The van der Waals surface area contributed by atoms with Crippen LogP contribution in [0.2, 0.25) is 5.02 Å². The van der Waals surface area contributed by atoms with Crippen molar-refractivity contribution in [3.63, 3.8) is 0 Å². The summed E-state index contributed by atoms with van der Waals surface area (Å²) in [6.07, 6.45) is 2.20. The molecular weight excluding hydrogens is 306 g/mol. The molecule has 1 aliphatic carbocycles. The maximum Gasteiger partial charge on any atom is 0.233 e. The number of amides is 1. The normalized spacial score (nSPS) is 14.6. The molecule has 0 aliphatic heterocycles. The summed E-state index contributed by atoms with van der Waals surface area (Å²) < 4.78 is 0. The molecule has 2 nitrogen and oxygen atoms in total. The zero-order valence-electron chi connectivity index (χ0n) is 13.6. The molecule has 1 aliphatic rings. The van der Waals surface area contributed by atoms with Gasteiger partial charge in [-0.3, -0.25) is 4.79 Å². The third kappa shape index (κ3) is 3.59. The molecule has 120 valence electrons. The first-order valence-electron chi connectivity index (χ1n) is 8.09. The standard InChI is InChI=1S/C20H22ClNO/c1-20(2,16-9-6-10-17(21)13-16)19(23)22(18-11-12-18)14-15-7-4-3-5-8-15/h3-10,13,18H,11-12,14H2,1-2H3. The van der Waals surface area contributed by atoms with Gasteiger partial charge in [-0.05, 0) is 49.9 Å². The molecule has 0 atom stereocenters. The van der Waals surface area contributed by atoms with Crippen LogP contribution in [0.5, 0.6) is 0 Å². The lowest BCUT2D eigenvalue weighted by molar-refractivity contribution is -0.137. The highest BCUT2D eigenvalue weighted by Gasteiger charge is 2.40. The van der Waals surface area contributed by atoms with Gasteiger partial charge in [0.05, 0.1) is 5.41 Å². The van der Waals surface area contributed by atoms with Gasteiger partial charge in [0.2, 0.25) is 5.91 Å². The van der Waals surface area contributed by atoms with Crippen molar-refractivity contribution in [3.05, 3.63) is 70.7 Å². The first-order valence-corrected chi connectivity index (χ1v) is 8.47. The van der Waals surface area contributed by atoms with Crippen LogP contribution in [-0.4, -0.2) is 16.8 Å². The van der Waals surface area contributed by atoms with Crippen LogP contribution in [0.4, 0.5) is 0 Å². The summed E-state index contributed by atoms with van der Waals surface area (Å²) in [5.74, 6) is 0.172. The lowest BCUT2D eigenvalue weighted by Crippen LogP contribution is -2.44. The van der Waals surface area contributed by atoms with E-state index in [2.05, 4.69) is 12.1 Å². The molecule has 3 rings (SSSR count). The molecule has 1 saturated carbocycles. The van der Waals surface area contributed by atoms with Crippen molar-refractivity contribution >= 4 is 17.5 Å². The third-order valence-corrected chi connectivity index (χ3v) is 4.76. The Labute approximate surface area is 143 Å². The van der Waals surface area contributed by atoms with Gasteiger partial charge in [-0.1, -0.05) is 54.1 Å². The maximum atomic E-state index is 13.2. The second-order valence-electron chi connectivity index (χ2n) is 6.79. The second kappa shape index (κ2) is 6.37. The molecule has 0 unspecified atom stereocenters. The Bertz CT molecular complexity index is 692. The predicted octanol–water partition coefficient (Wildman–Crippen LogP) is 4.81. The molecule has 0 radical (unpaired) electrons. The number of halogens is 1. The number of hydrogen-bond acceptors (Lipinski definition) is 1. The van der Waals surface area contributed by atoms with E-state index in [1.807, 2.05) is 61.2 Å². The van der Waals surface area contributed by atoms with Crippen molar-refractivity contribution < 1.29 is 4.79 Å². The zero-order valence-corrected chi connectivity index (χ0v) is 14.4. The molecule has 0 N–H and O–H groups in total. The minimum Gasteiger partial charge on any atom is -0.335 e. The molecule has 0 saturated heterocycles. The average molecular weight is 328 g/mol. The summed E-state index contributed by atoms with van der Waals surface area (Å²) in [5.41, 5.74) is 1.56. The van der Waals surface area contributed by atoms with Gasteiger partial charge in [-0.2, -0.15) is 0 Å². The van der Waals surface area contributed by atoms with E-state index in [4.69, 9.17) is 11.6 Å². The molecule has 0 heterocycles. The van der Waals surface area contributed by atoms with Crippen LogP contribution >= 0.6 is 11.6 Å². The van der Waals surface area contributed by atoms with Crippen molar-refractivity contribution in [1.82, 2.24) is 4.90 Å². The fourth-order valence-electron chi connectivity index (χ4n) is 2.89. The van der Waals surface area contributed by atoms with Gasteiger partial charge in [-0.15, -0.1) is 0 Å². The summed E-state index contributed by atoms with van der Waals surface area (Å²) in [6.45, 7) is 4.65. The maximum absolute atomic E-state index is 13.2. The number of nitrogens with zero attached hydrogens (tertiary/aromatic N) is 1. The third-order valence-electron chi connectivity index (χ3n) is 4.53. The summed E-state index contributed by atoms with van der Waals surface area (Å²) >= 11 is 6.11. The van der Waals surface area contributed by atoms with Crippen LogP contribution < -0.4 is 0 Å². The van der Waals surface area contributed by atoms with E-state index in [1.165, 1.54) is 5.56 Å². The summed E-state index contributed by atoms with van der Waals surface area (Å²) in [7, 11) is 0. The second-order valence-corrected chi connectivity index (χ2v) is 7.22. The van der Waals surface area contributed by atoms with Crippen molar-refractivity contribution in [2.75, 3.05) is 0 Å². The van der Waals surface area contributed by atoms with E-state index in [9.17, 15) is 4.79 Å². The van der Waals surface area contributed by atoms with E-state index in [0.29, 0.717) is 17.6 Å². The number of benzene rings is 2. The Balaban J connectivity index is 1.86. The molecule has 0 spiro atoms. The van der Waals surface area contributed by atoms with Gasteiger partial charge in [0.25, 0.3) is 0 Å². The first kappa shape index (κ1) is 16.1. The van der Waals surface area contributed by atoms with Gasteiger partial charge >= 0.3 is 0 Å². The predicted molar refractivity (Wildman–Crippen MR) is 94.5 cm³/mol. The highest BCUT2D eigenvalue weighted by Crippen LogP contribution is 2.35. The molecule has 23 heavy (non-hydrogen) atoms. The van der Waals surface area contributed by atoms with Gasteiger partial charge in [0, 0.05) is 17.6 Å². The Morgan fingerprint density at radius 3 is 2.43 bits per heavy atom. The van der Waals surface area contributed by atoms with Crippen LogP contribution in [0.15, 0.2) is 54.6 Å². The van der Waals surface area contributed by atoms with Crippen molar-refractivity contribution in [2.45, 2.75) is 44.7 Å². The largest absolute Gasteiger partial charge is 0.335 e. The summed E-state index contributed by atoms with van der Waals surface area (Å²) in [6, 6.07) is 18.2. The minimum absolute atomic E-state index is 0.172. The van der Waals surface area contributed by atoms with Crippen LogP contribution in [0.25, 0.3) is 0 Å². The Hall–Kier alpha value is -1.80. The average Bonchev–Trinajstić information content (AvgIpc) is 3.38. The van der Waals surface area contributed by atoms with Crippen molar-refractivity contribution in [3.8, 4) is 0 Å². The Kier molecular flexibility index (Phi) is 4.45. The zero-order chi connectivity index (χ0) is 16.4. The highest BCUT2D eigenvalue weighted by molar-refractivity contribution is 6.30. The van der Waals surface area contributed by atoms with Crippen LogP contribution in [0, 0.1) is 0 Å². The van der Waals surface area contributed by atoms with E-state index in [-0.39, 0.29) is 5.91 Å². The van der Waals surface area contributed by atoms with Crippen LogP contribution in [-0.2, 0) is 16.8 Å². The van der Waals surface area contributed by atoms with Gasteiger partial charge in [0.1, 0.15) is 0 Å². The molecule has 3 heteroatoms. The number of carbonyl (C=O) groups is 1. The van der Waals surface area contributed by atoms with Gasteiger partial charge in [-0.25, -0.2) is 0 Å². The van der Waals surface area contributed by atoms with Crippen molar-refractivity contribution in [2.24, 2.45) is 0 Å².